The van der Waals surface area contributed by atoms with E-state index in [1.165, 1.54) is 36.4 Å². The van der Waals surface area contributed by atoms with E-state index in [0.29, 0.717) is 27.1 Å². The standard InChI is InChI=1S/C26H20ClN3O6/c27-19-10-8-17(9-11-19)25(32)29-23(13-18-14-24(31)28-22-7-2-1-6-21(18)22)26(33)36-15-16-4-3-5-20(12-16)30(34)35/h1-12,14,23H,13,15H2,(H,28,31)(H,29,32). The summed E-state index contributed by atoms with van der Waals surface area (Å²) in [6.07, 6.45) is -0.0163. The summed E-state index contributed by atoms with van der Waals surface area (Å²) < 4.78 is 5.41. The number of nitrogens with one attached hydrogen (secondary N) is 2. The van der Waals surface area contributed by atoms with Crippen LogP contribution in [-0.4, -0.2) is 27.8 Å². The summed E-state index contributed by atoms with van der Waals surface area (Å²) in [6.45, 7) is -0.232. The van der Waals surface area contributed by atoms with Gasteiger partial charge in [0.15, 0.2) is 0 Å². The second kappa shape index (κ2) is 10.8. The lowest BCUT2D eigenvalue weighted by Gasteiger charge is -2.19. The predicted octanol–water partition coefficient (Wildman–Crippen LogP) is 4.17. The summed E-state index contributed by atoms with van der Waals surface area (Å²) in [6, 6.07) is 19.2. The van der Waals surface area contributed by atoms with Crippen molar-refractivity contribution in [2.45, 2.75) is 19.1 Å². The summed E-state index contributed by atoms with van der Waals surface area (Å²) in [5, 5.41) is 14.9. The average molecular weight is 506 g/mol. The molecule has 0 bridgehead atoms. The van der Waals surface area contributed by atoms with Crippen LogP contribution in [0.3, 0.4) is 0 Å². The molecule has 182 valence electrons. The highest BCUT2D eigenvalue weighted by Gasteiger charge is 2.25. The van der Waals surface area contributed by atoms with Gasteiger partial charge in [-0.05, 0) is 41.5 Å². The summed E-state index contributed by atoms with van der Waals surface area (Å²) in [5.41, 5.74) is 1.35. The summed E-state index contributed by atoms with van der Waals surface area (Å²) in [5.74, 6) is -1.29. The van der Waals surface area contributed by atoms with Gasteiger partial charge in [0.1, 0.15) is 12.6 Å². The minimum Gasteiger partial charge on any atom is -0.459 e. The van der Waals surface area contributed by atoms with Gasteiger partial charge in [-0.2, -0.15) is 0 Å². The lowest BCUT2D eigenvalue weighted by molar-refractivity contribution is -0.384. The second-order valence-electron chi connectivity index (χ2n) is 7.98. The van der Waals surface area contributed by atoms with Crippen LogP contribution in [-0.2, 0) is 22.6 Å². The molecule has 1 amide bonds. The van der Waals surface area contributed by atoms with Crippen LogP contribution in [0.25, 0.3) is 10.9 Å². The van der Waals surface area contributed by atoms with E-state index in [0.717, 1.165) is 0 Å². The maximum absolute atomic E-state index is 13.1. The number of carbonyl (C=O) groups is 2. The van der Waals surface area contributed by atoms with Crippen molar-refractivity contribution < 1.29 is 19.2 Å². The van der Waals surface area contributed by atoms with E-state index in [9.17, 15) is 24.5 Å². The van der Waals surface area contributed by atoms with Gasteiger partial charge in [-0.15, -0.1) is 0 Å². The molecule has 0 saturated carbocycles. The number of nitrogens with zero attached hydrogens (tertiary/aromatic N) is 1. The van der Waals surface area contributed by atoms with E-state index in [2.05, 4.69) is 10.3 Å². The molecule has 0 saturated heterocycles. The van der Waals surface area contributed by atoms with Crippen molar-refractivity contribution in [1.29, 1.82) is 0 Å². The number of hydrogen-bond acceptors (Lipinski definition) is 6. The van der Waals surface area contributed by atoms with Gasteiger partial charge in [-0.1, -0.05) is 41.9 Å². The van der Waals surface area contributed by atoms with E-state index in [4.69, 9.17) is 16.3 Å². The van der Waals surface area contributed by atoms with Gasteiger partial charge in [0.05, 0.1) is 4.92 Å². The molecule has 1 aromatic heterocycles. The van der Waals surface area contributed by atoms with Crippen molar-refractivity contribution >= 4 is 40.1 Å². The fourth-order valence-electron chi connectivity index (χ4n) is 3.72. The highest BCUT2D eigenvalue weighted by Crippen LogP contribution is 2.18. The molecular formula is C26H20ClN3O6. The zero-order chi connectivity index (χ0) is 25.7. The van der Waals surface area contributed by atoms with Crippen LogP contribution in [0, 0.1) is 10.1 Å². The Bertz CT molecular complexity index is 1500. The number of fused-ring (bicyclic) bond motifs is 1. The van der Waals surface area contributed by atoms with Crippen molar-refractivity contribution in [1.82, 2.24) is 10.3 Å². The number of ether oxygens (including phenoxy) is 1. The number of aromatic nitrogens is 1. The molecule has 3 aromatic carbocycles. The molecule has 1 atom stereocenters. The summed E-state index contributed by atoms with van der Waals surface area (Å²) >= 11 is 5.90. The number of pyridine rings is 1. The first-order valence-electron chi connectivity index (χ1n) is 10.9. The Labute approximate surface area is 209 Å². The summed E-state index contributed by atoms with van der Waals surface area (Å²) in [4.78, 5) is 51.4. The van der Waals surface area contributed by atoms with E-state index >= 15 is 0 Å². The first-order chi connectivity index (χ1) is 17.3. The molecular weight excluding hydrogens is 486 g/mol. The Morgan fingerprint density at radius 2 is 1.78 bits per heavy atom. The third kappa shape index (κ3) is 5.94. The number of rotatable bonds is 8. The number of halogens is 1. The number of amides is 1. The highest BCUT2D eigenvalue weighted by molar-refractivity contribution is 6.30. The average Bonchev–Trinajstić information content (AvgIpc) is 2.87. The smallest absolute Gasteiger partial charge is 0.329 e. The Morgan fingerprint density at radius 1 is 1.03 bits per heavy atom. The molecule has 9 nitrogen and oxygen atoms in total. The molecule has 4 aromatic rings. The molecule has 10 heteroatoms. The third-order valence-corrected chi connectivity index (χ3v) is 5.71. The van der Waals surface area contributed by atoms with Crippen molar-refractivity contribution in [3.8, 4) is 0 Å². The lowest BCUT2D eigenvalue weighted by Crippen LogP contribution is -2.43. The number of para-hydroxylation sites is 1. The SMILES string of the molecule is O=C(NC(Cc1cc(=O)[nH]c2ccccc12)C(=O)OCc1cccc([N+](=O)[O-])c1)c1ccc(Cl)cc1. The first-order valence-corrected chi connectivity index (χ1v) is 11.3. The van der Waals surface area contributed by atoms with Crippen LogP contribution < -0.4 is 10.9 Å². The third-order valence-electron chi connectivity index (χ3n) is 5.46. The van der Waals surface area contributed by atoms with Crippen molar-refractivity contribution in [3.05, 3.63) is 121 Å². The largest absolute Gasteiger partial charge is 0.459 e. The topological polar surface area (TPSA) is 131 Å². The van der Waals surface area contributed by atoms with Gasteiger partial charge in [0.25, 0.3) is 11.6 Å². The number of nitro groups is 1. The van der Waals surface area contributed by atoms with Gasteiger partial charge in [0, 0.05) is 46.1 Å². The molecule has 0 fully saturated rings. The summed E-state index contributed by atoms with van der Waals surface area (Å²) in [7, 11) is 0. The molecule has 0 aliphatic heterocycles. The number of esters is 1. The number of carbonyl (C=O) groups excluding carboxylic acids is 2. The van der Waals surface area contributed by atoms with E-state index in [1.807, 2.05) is 0 Å². The highest BCUT2D eigenvalue weighted by atomic mass is 35.5. The van der Waals surface area contributed by atoms with Crippen molar-refractivity contribution in [3.63, 3.8) is 0 Å². The Hall–Kier alpha value is -4.50. The molecule has 0 aliphatic carbocycles. The van der Waals surface area contributed by atoms with Gasteiger partial charge < -0.3 is 15.0 Å². The zero-order valence-corrected chi connectivity index (χ0v) is 19.5. The van der Waals surface area contributed by atoms with Crippen molar-refractivity contribution in [2.24, 2.45) is 0 Å². The molecule has 0 radical (unpaired) electrons. The van der Waals surface area contributed by atoms with Crippen LogP contribution in [0.4, 0.5) is 5.69 Å². The van der Waals surface area contributed by atoms with Crippen LogP contribution in [0.15, 0.2) is 83.7 Å². The molecule has 1 unspecified atom stereocenters. The normalized spacial score (nSPS) is 11.6. The lowest BCUT2D eigenvalue weighted by atomic mass is 10.0. The Kier molecular flexibility index (Phi) is 7.41. The second-order valence-corrected chi connectivity index (χ2v) is 8.41. The first kappa shape index (κ1) is 24.6. The molecule has 0 spiro atoms. The number of nitro benzene ring substituents is 1. The fourth-order valence-corrected chi connectivity index (χ4v) is 3.84. The van der Waals surface area contributed by atoms with Crippen LogP contribution in [0.1, 0.15) is 21.5 Å². The van der Waals surface area contributed by atoms with E-state index in [1.54, 1.807) is 42.5 Å². The van der Waals surface area contributed by atoms with Gasteiger partial charge in [-0.3, -0.25) is 19.7 Å². The number of H-pyrrole nitrogens is 1. The molecule has 2 N–H and O–H groups in total. The molecule has 36 heavy (non-hydrogen) atoms. The van der Waals surface area contributed by atoms with Gasteiger partial charge in [0.2, 0.25) is 5.56 Å². The van der Waals surface area contributed by atoms with E-state index in [-0.39, 0.29) is 29.8 Å². The monoisotopic (exact) mass is 505 g/mol. The molecule has 1 heterocycles. The number of hydrogen-bond donors (Lipinski definition) is 2. The van der Waals surface area contributed by atoms with Crippen LogP contribution in [0.2, 0.25) is 5.02 Å². The number of non-ortho nitro benzene ring substituents is 1. The van der Waals surface area contributed by atoms with Crippen molar-refractivity contribution in [2.75, 3.05) is 0 Å². The quantitative estimate of drug-likeness (QED) is 0.210. The maximum atomic E-state index is 13.1. The number of benzene rings is 3. The minimum atomic E-state index is -1.14. The van der Waals surface area contributed by atoms with E-state index < -0.39 is 22.8 Å². The molecule has 0 aliphatic rings. The fraction of sp³-hybridized carbons (Fsp3) is 0.115. The predicted molar refractivity (Wildman–Crippen MR) is 134 cm³/mol. The van der Waals surface area contributed by atoms with Crippen LogP contribution >= 0.6 is 11.6 Å². The molecule has 4 rings (SSSR count). The van der Waals surface area contributed by atoms with Gasteiger partial charge in [-0.25, -0.2) is 4.79 Å². The number of aromatic amines is 1. The zero-order valence-electron chi connectivity index (χ0n) is 18.8. The minimum absolute atomic E-state index is 0.0163. The van der Waals surface area contributed by atoms with Crippen LogP contribution in [0.5, 0.6) is 0 Å². The Balaban J connectivity index is 1.60. The Morgan fingerprint density at radius 3 is 2.53 bits per heavy atom. The van der Waals surface area contributed by atoms with Gasteiger partial charge >= 0.3 is 5.97 Å². The maximum Gasteiger partial charge on any atom is 0.329 e.